The minimum atomic E-state index is -3.37. The number of rotatable bonds is 5. The summed E-state index contributed by atoms with van der Waals surface area (Å²) in [6.07, 6.45) is 1.01. The fraction of sp³-hybridized carbons (Fsp3) is 0.375. The van der Waals surface area contributed by atoms with E-state index in [4.69, 9.17) is 9.52 Å². The average molecular weight is 218 g/mol. The van der Waals surface area contributed by atoms with E-state index in [1.165, 1.54) is 12.3 Å². The number of sulfone groups is 1. The van der Waals surface area contributed by atoms with E-state index >= 15 is 0 Å². The molecule has 0 bridgehead atoms. The van der Waals surface area contributed by atoms with Crippen molar-refractivity contribution in [1.82, 2.24) is 0 Å². The topological polar surface area (TPSA) is 84.6 Å². The summed E-state index contributed by atoms with van der Waals surface area (Å²) >= 11 is 0. The Morgan fingerprint density at radius 1 is 1.50 bits per heavy atom. The summed E-state index contributed by atoms with van der Waals surface area (Å²) in [5.41, 5.74) is 0. The second kappa shape index (κ2) is 4.28. The molecule has 14 heavy (non-hydrogen) atoms. The van der Waals surface area contributed by atoms with Crippen molar-refractivity contribution in [2.45, 2.75) is 12.2 Å². The molecule has 0 saturated heterocycles. The smallest absolute Gasteiger partial charge is 0.304 e. The van der Waals surface area contributed by atoms with Crippen LogP contribution in [0.25, 0.3) is 0 Å². The molecule has 0 aliphatic rings. The molecule has 78 valence electrons. The lowest BCUT2D eigenvalue weighted by Gasteiger charge is -1.99. The number of carboxylic acids is 1. The van der Waals surface area contributed by atoms with Crippen molar-refractivity contribution in [1.29, 1.82) is 0 Å². The van der Waals surface area contributed by atoms with E-state index in [1.54, 1.807) is 6.07 Å². The van der Waals surface area contributed by atoms with Crippen LogP contribution in [0.1, 0.15) is 12.2 Å². The van der Waals surface area contributed by atoms with Gasteiger partial charge < -0.3 is 9.52 Å². The highest BCUT2D eigenvalue weighted by Gasteiger charge is 2.15. The van der Waals surface area contributed by atoms with Crippen LogP contribution in [0.3, 0.4) is 0 Å². The number of carbonyl (C=O) groups is 1. The molecule has 0 aliphatic heterocycles. The SMILES string of the molecule is O=C(O)CCS(=O)(=O)Cc1ccco1. The van der Waals surface area contributed by atoms with Gasteiger partial charge in [-0.1, -0.05) is 0 Å². The molecule has 1 N–H and O–H groups in total. The third-order valence-corrected chi connectivity index (χ3v) is 3.12. The first-order chi connectivity index (χ1) is 6.49. The lowest BCUT2D eigenvalue weighted by Crippen LogP contribution is -2.12. The molecule has 1 heterocycles. The van der Waals surface area contributed by atoms with Crippen LogP contribution < -0.4 is 0 Å². The van der Waals surface area contributed by atoms with Gasteiger partial charge in [0.05, 0.1) is 18.4 Å². The van der Waals surface area contributed by atoms with Crippen molar-refractivity contribution in [3.8, 4) is 0 Å². The third-order valence-electron chi connectivity index (χ3n) is 1.57. The normalized spacial score (nSPS) is 11.4. The van der Waals surface area contributed by atoms with Gasteiger partial charge in [-0.25, -0.2) is 8.42 Å². The minimum Gasteiger partial charge on any atom is -0.481 e. The van der Waals surface area contributed by atoms with Gasteiger partial charge in [-0.15, -0.1) is 0 Å². The Kier molecular flexibility index (Phi) is 3.29. The van der Waals surface area contributed by atoms with Crippen LogP contribution in [0.15, 0.2) is 22.8 Å². The predicted molar refractivity (Wildman–Crippen MR) is 48.5 cm³/mol. The van der Waals surface area contributed by atoms with Gasteiger partial charge in [0.15, 0.2) is 9.84 Å². The van der Waals surface area contributed by atoms with Gasteiger partial charge in [-0.05, 0) is 12.1 Å². The highest BCUT2D eigenvalue weighted by Crippen LogP contribution is 2.07. The van der Waals surface area contributed by atoms with Gasteiger partial charge >= 0.3 is 5.97 Å². The maximum absolute atomic E-state index is 11.3. The molecule has 0 radical (unpaired) electrons. The molecular weight excluding hydrogens is 208 g/mol. The number of hydrogen-bond donors (Lipinski definition) is 1. The summed E-state index contributed by atoms with van der Waals surface area (Å²) < 4.78 is 27.4. The molecule has 5 nitrogen and oxygen atoms in total. The Morgan fingerprint density at radius 3 is 2.71 bits per heavy atom. The molecule has 0 spiro atoms. The van der Waals surface area contributed by atoms with E-state index in [0.29, 0.717) is 5.76 Å². The van der Waals surface area contributed by atoms with Crippen molar-refractivity contribution < 1.29 is 22.7 Å². The molecule has 0 amide bonds. The van der Waals surface area contributed by atoms with Crippen LogP contribution in [-0.2, 0) is 20.4 Å². The zero-order chi connectivity index (χ0) is 10.6. The lowest BCUT2D eigenvalue weighted by molar-refractivity contribution is -0.136. The van der Waals surface area contributed by atoms with E-state index in [2.05, 4.69) is 0 Å². The third kappa shape index (κ3) is 3.61. The van der Waals surface area contributed by atoms with E-state index in [-0.39, 0.29) is 17.9 Å². The second-order valence-corrected chi connectivity index (χ2v) is 5.00. The van der Waals surface area contributed by atoms with E-state index in [1.807, 2.05) is 0 Å². The van der Waals surface area contributed by atoms with Gasteiger partial charge in [0.2, 0.25) is 0 Å². The molecule has 6 heteroatoms. The molecule has 1 aromatic heterocycles. The first-order valence-corrected chi connectivity index (χ1v) is 5.76. The minimum absolute atomic E-state index is 0.243. The maximum Gasteiger partial charge on any atom is 0.304 e. The van der Waals surface area contributed by atoms with Crippen LogP contribution in [0.2, 0.25) is 0 Å². The average Bonchev–Trinajstić information content (AvgIpc) is 2.53. The highest BCUT2D eigenvalue weighted by atomic mass is 32.2. The molecule has 1 aromatic rings. The van der Waals surface area contributed by atoms with E-state index < -0.39 is 15.8 Å². The van der Waals surface area contributed by atoms with Crippen LogP contribution in [0.5, 0.6) is 0 Å². The van der Waals surface area contributed by atoms with E-state index in [0.717, 1.165) is 0 Å². The van der Waals surface area contributed by atoms with Gasteiger partial charge in [-0.2, -0.15) is 0 Å². The predicted octanol–water partition coefficient (Wildman–Crippen LogP) is 0.669. The molecule has 0 aromatic carbocycles. The Hall–Kier alpha value is -1.30. The summed E-state index contributed by atoms with van der Waals surface area (Å²) in [4.78, 5) is 10.2. The number of hydrogen-bond acceptors (Lipinski definition) is 4. The monoisotopic (exact) mass is 218 g/mol. The van der Waals surface area contributed by atoms with Crippen LogP contribution in [0, 0.1) is 0 Å². The van der Waals surface area contributed by atoms with Crippen LogP contribution in [-0.4, -0.2) is 25.2 Å². The molecule has 0 aliphatic carbocycles. The van der Waals surface area contributed by atoms with Gasteiger partial charge in [0.1, 0.15) is 11.5 Å². The fourth-order valence-electron chi connectivity index (χ4n) is 0.926. The molecule has 0 saturated carbocycles. The first-order valence-electron chi connectivity index (χ1n) is 3.94. The van der Waals surface area contributed by atoms with E-state index in [9.17, 15) is 13.2 Å². The molecule has 0 atom stereocenters. The molecule has 0 unspecified atom stereocenters. The van der Waals surface area contributed by atoms with Crippen molar-refractivity contribution >= 4 is 15.8 Å². The highest BCUT2D eigenvalue weighted by molar-refractivity contribution is 7.90. The first kappa shape index (κ1) is 10.8. The Morgan fingerprint density at radius 2 is 2.21 bits per heavy atom. The molecular formula is C8H10O5S. The fourth-order valence-corrected chi connectivity index (χ4v) is 2.15. The number of aliphatic carboxylic acids is 1. The second-order valence-electron chi connectivity index (χ2n) is 2.82. The lowest BCUT2D eigenvalue weighted by atomic mass is 10.5. The van der Waals surface area contributed by atoms with Crippen LogP contribution >= 0.6 is 0 Å². The van der Waals surface area contributed by atoms with Crippen molar-refractivity contribution in [2.75, 3.05) is 5.75 Å². The van der Waals surface area contributed by atoms with Crippen molar-refractivity contribution in [3.63, 3.8) is 0 Å². The maximum atomic E-state index is 11.3. The standard InChI is InChI=1S/C8H10O5S/c9-8(10)3-5-14(11,12)6-7-2-1-4-13-7/h1-2,4H,3,5-6H2,(H,9,10). The summed E-state index contributed by atoms with van der Waals surface area (Å²) in [6.45, 7) is 0. The summed E-state index contributed by atoms with van der Waals surface area (Å²) in [7, 11) is -3.37. The zero-order valence-electron chi connectivity index (χ0n) is 7.34. The van der Waals surface area contributed by atoms with Crippen molar-refractivity contribution in [3.05, 3.63) is 24.2 Å². The Bertz CT molecular complexity index is 389. The summed E-state index contributed by atoms with van der Waals surface area (Å²) in [5.74, 6) is -1.39. The molecule has 0 fully saturated rings. The number of furan rings is 1. The Balaban J connectivity index is 2.55. The van der Waals surface area contributed by atoms with Gasteiger partial charge in [0.25, 0.3) is 0 Å². The van der Waals surface area contributed by atoms with Crippen molar-refractivity contribution in [2.24, 2.45) is 0 Å². The van der Waals surface area contributed by atoms with Gasteiger partial charge in [0, 0.05) is 0 Å². The number of carboxylic acid groups (broad SMARTS) is 1. The van der Waals surface area contributed by atoms with Crippen LogP contribution in [0.4, 0.5) is 0 Å². The Labute approximate surface area is 81.3 Å². The quantitative estimate of drug-likeness (QED) is 0.785. The molecule has 1 rings (SSSR count). The summed E-state index contributed by atoms with van der Waals surface area (Å²) in [5, 5.41) is 8.32. The largest absolute Gasteiger partial charge is 0.481 e. The summed E-state index contributed by atoms with van der Waals surface area (Å²) in [6, 6.07) is 3.13. The van der Waals surface area contributed by atoms with Gasteiger partial charge in [-0.3, -0.25) is 4.79 Å². The zero-order valence-corrected chi connectivity index (χ0v) is 8.16.